The number of nitrogens with two attached hydrogens (primary N) is 1. The maximum absolute atomic E-state index is 11.3. The van der Waals surface area contributed by atoms with E-state index < -0.39 is 0 Å². The third-order valence-corrected chi connectivity index (χ3v) is 2.43. The predicted octanol–water partition coefficient (Wildman–Crippen LogP) is 1.39. The number of nitrogens with one attached hydrogen (secondary N) is 1. The Morgan fingerprint density at radius 2 is 1.89 bits per heavy atom. The molecule has 0 aromatic heterocycles. The molecule has 0 heterocycles. The van der Waals surface area contributed by atoms with Crippen molar-refractivity contribution in [3.63, 3.8) is 0 Å². The molecule has 3 N–H and O–H groups in total. The van der Waals surface area contributed by atoms with Gasteiger partial charge in [-0.3, -0.25) is 9.59 Å². The molecule has 18 heavy (non-hydrogen) atoms. The van der Waals surface area contributed by atoms with E-state index in [1.54, 1.807) is 0 Å². The van der Waals surface area contributed by atoms with Crippen LogP contribution in [0.15, 0.2) is 0 Å². The fourth-order valence-corrected chi connectivity index (χ4v) is 1.35. The molecule has 0 radical (unpaired) electrons. The number of esters is 1. The minimum absolute atomic E-state index is 0. The van der Waals surface area contributed by atoms with Gasteiger partial charge in [0, 0.05) is 25.4 Å². The summed E-state index contributed by atoms with van der Waals surface area (Å²) in [6.07, 6.45) is 4.27. The number of halogens is 1. The molecule has 0 saturated heterocycles. The third kappa shape index (κ3) is 13.3. The topological polar surface area (TPSA) is 81.4 Å². The van der Waals surface area contributed by atoms with Gasteiger partial charge >= 0.3 is 5.97 Å². The van der Waals surface area contributed by atoms with Crippen molar-refractivity contribution in [2.75, 3.05) is 13.7 Å². The molecule has 0 aromatic rings. The van der Waals surface area contributed by atoms with Gasteiger partial charge in [-0.25, -0.2) is 0 Å². The number of hydrogen-bond acceptors (Lipinski definition) is 4. The number of hydrogen-bond donors (Lipinski definition) is 2. The highest BCUT2D eigenvalue weighted by molar-refractivity contribution is 5.85. The lowest BCUT2D eigenvalue weighted by Crippen LogP contribution is -2.26. The number of unbranched alkanes of at least 4 members (excludes halogenated alkanes) is 2. The molecule has 6 heteroatoms. The largest absolute Gasteiger partial charge is 0.469 e. The highest BCUT2D eigenvalue weighted by atomic mass is 35.5. The van der Waals surface area contributed by atoms with Crippen LogP contribution in [0.25, 0.3) is 0 Å². The van der Waals surface area contributed by atoms with E-state index in [0.717, 1.165) is 19.3 Å². The highest BCUT2D eigenvalue weighted by Gasteiger charge is 2.03. The Balaban J connectivity index is 0. The Bertz CT molecular complexity index is 235. The van der Waals surface area contributed by atoms with Crippen LogP contribution in [0.3, 0.4) is 0 Å². The molecule has 0 saturated carbocycles. The molecule has 0 aliphatic carbocycles. The molecule has 0 rings (SSSR count). The summed E-state index contributed by atoms with van der Waals surface area (Å²) < 4.78 is 4.53. The van der Waals surface area contributed by atoms with Crippen LogP contribution in [0, 0.1) is 0 Å². The molecule has 0 aromatic carbocycles. The third-order valence-electron chi connectivity index (χ3n) is 2.43. The molecule has 0 spiro atoms. The standard InChI is InChI=1S/C12H24N2O3.ClH/c1-10(13)7-8-11(15)14-9-5-3-4-6-12(16)17-2;/h10H,3-9,13H2,1-2H3,(H,14,15);1H. The number of ether oxygens (including phenoxy) is 1. The first kappa shape index (κ1) is 19.5. The van der Waals surface area contributed by atoms with Crippen molar-refractivity contribution in [3.8, 4) is 0 Å². The summed E-state index contributed by atoms with van der Waals surface area (Å²) in [4.78, 5) is 22.1. The van der Waals surface area contributed by atoms with Gasteiger partial charge in [-0.2, -0.15) is 0 Å². The van der Waals surface area contributed by atoms with Crippen LogP contribution in [0.2, 0.25) is 0 Å². The van der Waals surface area contributed by atoms with Gasteiger partial charge in [0.1, 0.15) is 0 Å². The summed E-state index contributed by atoms with van der Waals surface area (Å²) in [7, 11) is 1.39. The molecular weight excluding hydrogens is 256 g/mol. The van der Waals surface area contributed by atoms with E-state index in [1.807, 2.05) is 6.92 Å². The molecule has 0 aliphatic rings. The highest BCUT2D eigenvalue weighted by Crippen LogP contribution is 2.00. The van der Waals surface area contributed by atoms with Gasteiger partial charge in [0.05, 0.1) is 7.11 Å². The fourth-order valence-electron chi connectivity index (χ4n) is 1.35. The van der Waals surface area contributed by atoms with Crippen LogP contribution in [0.4, 0.5) is 0 Å². The van der Waals surface area contributed by atoms with Crippen LogP contribution in [0.1, 0.15) is 45.4 Å². The smallest absolute Gasteiger partial charge is 0.305 e. The van der Waals surface area contributed by atoms with Crippen LogP contribution in [-0.2, 0) is 14.3 Å². The van der Waals surface area contributed by atoms with Crippen molar-refractivity contribution in [3.05, 3.63) is 0 Å². The zero-order valence-electron chi connectivity index (χ0n) is 11.2. The number of carbonyl (C=O) groups excluding carboxylic acids is 2. The van der Waals surface area contributed by atoms with E-state index in [0.29, 0.717) is 25.8 Å². The zero-order valence-corrected chi connectivity index (χ0v) is 12.1. The molecule has 108 valence electrons. The second-order valence-electron chi connectivity index (χ2n) is 4.25. The predicted molar refractivity (Wildman–Crippen MR) is 73.6 cm³/mol. The first-order valence-electron chi connectivity index (χ1n) is 6.15. The lowest BCUT2D eigenvalue weighted by atomic mass is 10.2. The molecule has 1 unspecified atom stereocenters. The molecule has 0 bridgehead atoms. The summed E-state index contributed by atoms with van der Waals surface area (Å²) >= 11 is 0. The molecule has 1 atom stereocenters. The average molecular weight is 281 g/mol. The molecule has 1 amide bonds. The Hall–Kier alpha value is -0.810. The Morgan fingerprint density at radius 3 is 2.44 bits per heavy atom. The first-order chi connectivity index (χ1) is 8.06. The van der Waals surface area contributed by atoms with Crippen molar-refractivity contribution >= 4 is 24.3 Å². The minimum Gasteiger partial charge on any atom is -0.469 e. The van der Waals surface area contributed by atoms with Crippen LogP contribution >= 0.6 is 12.4 Å². The molecular formula is C12H25ClN2O3. The van der Waals surface area contributed by atoms with E-state index in [1.165, 1.54) is 7.11 Å². The van der Waals surface area contributed by atoms with Gasteiger partial charge in [-0.15, -0.1) is 12.4 Å². The average Bonchev–Trinajstić information content (AvgIpc) is 2.30. The van der Waals surface area contributed by atoms with Gasteiger partial charge < -0.3 is 15.8 Å². The SMILES string of the molecule is COC(=O)CCCCCNC(=O)CCC(C)N.Cl. The maximum Gasteiger partial charge on any atom is 0.305 e. The maximum atomic E-state index is 11.3. The summed E-state index contributed by atoms with van der Waals surface area (Å²) in [5, 5.41) is 2.83. The van der Waals surface area contributed by atoms with Crippen molar-refractivity contribution in [1.29, 1.82) is 0 Å². The Kier molecular flexibility index (Phi) is 13.7. The van der Waals surface area contributed by atoms with E-state index in [-0.39, 0.29) is 30.3 Å². The van der Waals surface area contributed by atoms with E-state index >= 15 is 0 Å². The number of rotatable bonds is 9. The molecule has 5 nitrogen and oxygen atoms in total. The summed E-state index contributed by atoms with van der Waals surface area (Å²) in [6.45, 7) is 2.55. The summed E-state index contributed by atoms with van der Waals surface area (Å²) in [5.74, 6) is -0.124. The van der Waals surface area contributed by atoms with Crippen LogP contribution < -0.4 is 11.1 Å². The summed E-state index contributed by atoms with van der Waals surface area (Å²) in [5.41, 5.74) is 5.55. The normalized spacial score (nSPS) is 11.3. The molecule has 0 fully saturated rings. The van der Waals surface area contributed by atoms with Crippen molar-refractivity contribution < 1.29 is 14.3 Å². The lowest BCUT2D eigenvalue weighted by molar-refractivity contribution is -0.140. The van der Waals surface area contributed by atoms with Crippen LogP contribution in [-0.4, -0.2) is 31.6 Å². The van der Waals surface area contributed by atoms with Crippen molar-refractivity contribution in [2.45, 2.75) is 51.5 Å². The second-order valence-corrected chi connectivity index (χ2v) is 4.25. The van der Waals surface area contributed by atoms with E-state index in [9.17, 15) is 9.59 Å². The minimum atomic E-state index is -0.175. The quantitative estimate of drug-likeness (QED) is 0.494. The fraction of sp³-hybridized carbons (Fsp3) is 0.833. The Morgan fingerprint density at radius 1 is 1.22 bits per heavy atom. The lowest BCUT2D eigenvalue weighted by Gasteiger charge is -2.06. The zero-order chi connectivity index (χ0) is 13.1. The van der Waals surface area contributed by atoms with Gasteiger partial charge in [-0.1, -0.05) is 6.42 Å². The second kappa shape index (κ2) is 12.6. The van der Waals surface area contributed by atoms with Crippen molar-refractivity contribution in [1.82, 2.24) is 5.32 Å². The first-order valence-corrected chi connectivity index (χ1v) is 6.15. The monoisotopic (exact) mass is 280 g/mol. The van der Waals surface area contributed by atoms with Crippen LogP contribution in [0.5, 0.6) is 0 Å². The number of amides is 1. The van der Waals surface area contributed by atoms with Gasteiger partial charge in [0.15, 0.2) is 0 Å². The van der Waals surface area contributed by atoms with E-state index in [4.69, 9.17) is 5.73 Å². The van der Waals surface area contributed by atoms with Gasteiger partial charge in [0.2, 0.25) is 5.91 Å². The number of methoxy groups -OCH3 is 1. The van der Waals surface area contributed by atoms with Gasteiger partial charge in [-0.05, 0) is 26.2 Å². The van der Waals surface area contributed by atoms with Crippen molar-refractivity contribution in [2.24, 2.45) is 5.73 Å². The number of carbonyl (C=O) groups is 2. The van der Waals surface area contributed by atoms with E-state index in [2.05, 4.69) is 10.1 Å². The van der Waals surface area contributed by atoms with Gasteiger partial charge in [0.25, 0.3) is 0 Å². The summed E-state index contributed by atoms with van der Waals surface area (Å²) in [6, 6.07) is 0.0702. The molecule has 0 aliphatic heterocycles. The Labute approximate surface area is 115 Å².